The van der Waals surface area contributed by atoms with Gasteiger partial charge in [0.2, 0.25) is 0 Å². The zero-order valence-corrected chi connectivity index (χ0v) is 9.22. The number of aromatic nitrogens is 2. The average molecular weight is 229 g/mol. The summed E-state index contributed by atoms with van der Waals surface area (Å²) in [6.45, 7) is 0. The van der Waals surface area contributed by atoms with Crippen molar-refractivity contribution in [1.82, 2.24) is 9.55 Å². The average Bonchev–Trinajstić information content (AvgIpc) is 2.73. The first kappa shape index (κ1) is 9.43. The zero-order valence-electron chi connectivity index (χ0n) is 8.47. The maximum atomic E-state index is 6.01. The fourth-order valence-electron chi connectivity index (χ4n) is 1.83. The Morgan fingerprint density at radius 2 is 1.81 bits per heavy atom. The second-order valence-corrected chi connectivity index (χ2v) is 4.03. The first-order valence-corrected chi connectivity index (χ1v) is 5.39. The molecule has 0 saturated carbocycles. The summed E-state index contributed by atoms with van der Waals surface area (Å²) in [5.41, 5.74) is 2.20. The van der Waals surface area contributed by atoms with E-state index in [9.17, 15) is 0 Å². The Kier molecular flexibility index (Phi) is 2.15. The third-order valence-corrected chi connectivity index (χ3v) is 2.83. The van der Waals surface area contributed by atoms with Gasteiger partial charge in [0, 0.05) is 34.7 Å². The number of hydrogen-bond acceptors (Lipinski definition) is 1. The van der Waals surface area contributed by atoms with Gasteiger partial charge in [0.15, 0.2) is 0 Å². The number of benzene rings is 1. The monoisotopic (exact) mass is 228 g/mol. The standard InChI is InChI=1S/C13H9ClN2/c14-11-2-1-10-5-8-16(13(10)9-11)12-3-6-15-7-4-12/h1-9H. The van der Waals surface area contributed by atoms with Crippen LogP contribution in [0.1, 0.15) is 0 Å². The first-order chi connectivity index (χ1) is 7.84. The first-order valence-electron chi connectivity index (χ1n) is 5.01. The van der Waals surface area contributed by atoms with Crippen LogP contribution >= 0.6 is 11.6 Å². The molecule has 16 heavy (non-hydrogen) atoms. The lowest BCUT2D eigenvalue weighted by Crippen LogP contribution is -1.91. The Balaban J connectivity index is 2.29. The van der Waals surface area contributed by atoms with E-state index in [1.807, 2.05) is 36.5 Å². The molecule has 0 aliphatic rings. The van der Waals surface area contributed by atoms with E-state index in [-0.39, 0.29) is 0 Å². The number of fused-ring (bicyclic) bond motifs is 1. The molecule has 3 heteroatoms. The van der Waals surface area contributed by atoms with E-state index in [4.69, 9.17) is 11.6 Å². The van der Waals surface area contributed by atoms with Gasteiger partial charge in [-0.1, -0.05) is 17.7 Å². The zero-order chi connectivity index (χ0) is 11.0. The van der Waals surface area contributed by atoms with Crippen molar-refractivity contribution in [3.8, 4) is 5.69 Å². The molecule has 0 amide bonds. The summed E-state index contributed by atoms with van der Waals surface area (Å²) >= 11 is 6.01. The molecule has 2 heterocycles. The number of halogens is 1. The molecule has 0 aliphatic carbocycles. The normalized spacial score (nSPS) is 10.8. The van der Waals surface area contributed by atoms with Crippen LogP contribution in [0.2, 0.25) is 5.02 Å². The molecule has 0 bridgehead atoms. The van der Waals surface area contributed by atoms with Crippen LogP contribution in [0.4, 0.5) is 0 Å². The lowest BCUT2D eigenvalue weighted by Gasteiger charge is -2.04. The smallest absolute Gasteiger partial charge is 0.0543 e. The quantitative estimate of drug-likeness (QED) is 0.621. The number of rotatable bonds is 1. The van der Waals surface area contributed by atoms with Crippen LogP contribution in [-0.4, -0.2) is 9.55 Å². The molecule has 2 aromatic heterocycles. The molecule has 3 aromatic rings. The van der Waals surface area contributed by atoms with Crippen molar-refractivity contribution in [3.63, 3.8) is 0 Å². The maximum Gasteiger partial charge on any atom is 0.0543 e. The SMILES string of the molecule is Clc1ccc2ccn(-c3ccncc3)c2c1. The predicted octanol–water partition coefficient (Wildman–Crippen LogP) is 3.68. The van der Waals surface area contributed by atoms with E-state index in [0.717, 1.165) is 16.2 Å². The van der Waals surface area contributed by atoms with Gasteiger partial charge in [-0.15, -0.1) is 0 Å². The molecule has 0 unspecified atom stereocenters. The molecular formula is C13H9ClN2. The molecule has 0 radical (unpaired) electrons. The van der Waals surface area contributed by atoms with Gasteiger partial charge >= 0.3 is 0 Å². The Hall–Kier alpha value is -1.80. The summed E-state index contributed by atoms with van der Waals surface area (Å²) in [7, 11) is 0. The van der Waals surface area contributed by atoms with Crippen LogP contribution in [0.15, 0.2) is 55.0 Å². The number of hydrogen-bond donors (Lipinski definition) is 0. The molecular weight excluding hydrogens is 220 g/mol. The van der Waals surface area contributed by atoms with Gasteiger partial charge in [-0.3, -0.25) is 4.98 Å². The minimum atomic E-state index is 0.751. The minimum Gasteiger partial charge on any atom is -0.316 e. The van der Waals surface area contributed by atoms with Crippen LogP contribution in [0.3, 0.4) is 0 Å². The maximum absolute atomic E-state index is 6.01. The lowest BCUT2D eigenvalue weighted by molar-refractivity contribution is 1.11. The van der Waals surface area contributed by atoms with E-state index in [0.29, 0.717) is 0 Å². The molecule has 1 aromatic carbocycles. The number of nitrogens with zero attached hydrogens (tertiary/aromatic N) is 2. The fraction of sp³-hybridized carbons (Fsp3) is 0. The van der Waals surface area contributed by atoms with Crippen LogP contribution < -0.4 is 0 Å². The van der Waals surface area contributed by atoms with E-state index >= 15 is 0 Å². The van der Waals surface area contributed by atoms with Crippen LogP contribution in [0.25, 0.3) is 16.6 Å². The third kappa shape index (κ3) is 1.48. The lowest BCUT2D eigenvalue weighted by atomic mass is 10.2. The molecule has 78 valence electrons. The van der Waals surface area contributed by atoms with Crippen molar-refractivity contribution in [2.24, 2.45) is 0 Å². The summed E-state index contributed by atoms with van der Waals surface area (Å²) in [4.78, 5) is 4.01. The van der Waals surface area contributed by atoms with Gasteiger partial charge in [-0.05, 0) is 30.3 Å². The highest BCUT2D eigenvalue weighted by atomic mass is 35.5. The van der Waals surface area contributed by atoms with Crippen molar-refractivity contribution < 1.29 is 0 Å². The van der Waals surface area contributed by atoms with E-state index in [2.05, 4.69) is 15.6 Å². The second-order valence-electron chi connectivity index (χ2n) is 3.59. The van der Waals surface area contributed by atoms with Crippen LogP contribution in [-0.2, 0) is 0 Å². The van der Waals surface area contributed by atoms with Gasteiger partial charge in [-0.2, -0.15) is 0 Å². The Morgan fingerprint density at radius 3 is 2.62 bits per heavy atom. The largest absolute Gasteiger partial charge is 0.316 e. The van der Waals surface area contributed by atoms with Crippen LogP contribution in [0, 0.1) is 0 Å². The molecule has 0 N–H and O–H groups in total. The van der Waals surface area contributed by atoms with Gasteiger partial charge < -0.3 is 4.57 Å². The Bertz CT molecular complexity index is 629. The summed E-state index contributed by atoms with van der Waals surface area (Å²) in [6.07, 6.45) is 5.60. The summed E-state index contributed by atoms with van der Waals surface area (Å²) < 4.78 is 2.10. The van der Waals surface area contributed by atoms with E-state index < -0.39 is 0 Å². The van der Waals surface area contributed by atoms with Crippen molar-refractivity contribution in [2.75, 3.05) is 0 Å². The topological polar surface area (TPSA) is 17.8 Å². The summed E-state index contributed by atoms with van der Waals surface area (Å²) in [5, 5.41) is 1.93. The van der Waals surface area contributed by atoms with Gasteiger partial charge in [0.1, 0.15) is 0 Å². The highest BCUT2D eigenvalue weighted by Crippen LogP contribution is 2.23. The van der Waals surface area contributed by atoms with Gasteiger partial charge in [0.05, 0.1) is 5.52 Å². The highest BCUT2D eigenvalue weighted by Gasteiger charge is 2.02. The fourth-order valence-corrected chi connectivity index (χ4v) is 2.00. The molecule has 3 rings (SSSR count). The molecule has 0 aliphatic heterocycles. The highest BCUT2D eigenvalue weighted by molar-refractivity contribution is 6.31. The Labute approximate surface area is 98.1 Å². The molecule has 0 atom stereocenters. The molecule has 0 saturated heterocycles. The molecule has 2 nitrogen and oxygen atoms in total. The van der Waals surface area contributed by atoms with E-state index in [1.54, 1.807) is 12.4 Å². The van der Waals surface area contributed by atoms with Crippen molar-refractivity contribution in [2.45, 2.75) is 0 Å². The summed E-state index contributed by atoms with van der Waals surface area (Å²) in [6, 6.07) is 11.9. The molecule has 0 fully saturated rings. The van der Waals surface area contributed by atoms with E-state index in [1.165, 1.54) is 5.39 Å². The number of pyridine rings is 1. The predicted molar refractivity (Wildman–Crippen MR) is 66.1 cm³/mol. The molecule has 0 spiro atoms. The van der Waals surface area contributed by atoms with Gasteiger partial charge in [-0.25, -0.2) is 0 Å². The van der Waals surface area contributed by atoms with Crippen molar-refractivity contribution in [1.29, 1.82) is 0 Å². The van der Waals surface area contributed by atoms with Gasteiger partial charge in [0.25, 0.3) is 0 Å². The Morgan fingerprint density at radius 1 is 1.00 bits per heavy atom. The third-order valence-electron chi connectivity index (χ3n) is 2.60. The summed E-state index contributed by atoms with van der Waals surface area (Å²) in [5.74, 6) is 0. The second kappa shape index (κ2) is 3.65. The minimum absolute atomic E-state index is 0.751. The van der Waals surface area contributed by atoms with Crippen molar-refractivity contribution in [3.05, 3.63) is 60.0 Å². The van der Waals surface area contributed by atoms with Crippen LogP contribution in [0.5, 0.6) is 0 Å². The van der Waals surface area contributed by atoms with Crippen molar-refractivity contribution >= 4 is 22.5 Å².